The van der Waals surface area contributed by atoms with Gasteiger partial charge in [-0.15, -0.1) is 0 Å². The second-order valence-corrected chi connectivity index (χ2v) is 8.12. The van der Waals surface area contributed by atoms with Gasteiger partial charge in [-0.2, -0.15) is 0 Å². The van der Waals surface area contributed by atoms with Gasteiger partial charge in [0.2, 0.25) is 15.9 Å². The first-order valence-electron chi connectivity index (χ1n) is 7.99. The van der Waals surface area contributed by atoms with E-state index in [-0.39, 0.29) is 11.9 Å². The first-order valence-corrected chi connectivity index (χ1v) is 9.47. The van der Waals surface area contributed by atoms with Crippen LogP contribution in [0.5, 0.6) is 0 Å². The van der Waals surface area contributed by atoms with Crippen molar-refractivity contribution in [1.82, 2.24) is 9.62 Å². The van der Waals surface area contributed by atoms with Crippen molar-refractivity contribution in [2.24, 2.45) is 0 Å². The number of nitrogens with one attached hydrogen (secondary N) is 1. The summed E-state index contributed by atoms with van der Waals surface area (Å²) < 4.78 is 28.0. The van der Waals surface area contributed by atoms with E-state index >= 15 is 0 Å². The van der Waals surface area contributed by atoms with Crippen molar-refractivity contribution in [1.29, 1.82) is 0 Å². The van der Waals surface area contributed by atoms with Crippen LogP contribution in [0.2, 0.25) is 0 Å². The molecule has 2 heterocycles. The molecule has 7 heteroatoms. The van der Waals surface area contributed by atoms with E-state index in [0.29, 0.717) is 17.9 Å². The lowest BCUT2D eigenvalue weighted by Gasteiger charge is -2.29. The van der Waals surface area contributed by atoms with E-state index in [1.54, 1.807) is 23.1 Å². The predicted octanol–water partition coefficient (Wildman–Crippen LogP) is 0.968. The van der Waals surface area contributed by atoms with E-state index in [9.17, 15) is 13.2 Å². The van der Waals surface area contributed by atoms with Crippen molar-refractivity contribution in [3.63, 3.8) is 0 Å². The number of fused-ring (bicyclic) bond motifs is 1. The van der Waals surface area contributed by atoms with Gasteiger partial charge in [-0.05, 0) is 63.2 Å². The molecule has 2 aliphatic rings. The number of sulfonamides is 1. The number of hydrogen-bond donors (Lipinski definition) is 1. The number of carbonyl (C=O) groups excluding carboxylic acids is 1. The Morgan fingerprint density at radius 1 is 1.22 bits per heavy atom. The van der Waals surface area contributed by atoms with Crippen LogP contribution >= 0.6 is 0 Å². The fourth-order valence-corrected chi connectivity index (χ4v) is 4.64. The maximum Gasteiger partial charge on any atom is 0.240 e. The predicted molar refractivity (Wildman–Crippen MR) is 89.0 cm³/mol. The molecule has 1 amide bonds. The van der Waals surface area contributed by atoms with Gasteiger partial charge in [0.1, 0.15) is 0 Å². The van der Waals surface area contributed by atoms with Crippen LogP contribution in [0.25, 0.3) is 0 Å². The number of piperidine rings is 1. The molecule has 0 aliphatic carbocycles. The van der Waals surface area contributed by atoms with Crippen molar-refractivity contribution < 1.29 is 13.2 Å². The molecule has 0 bridgehead atoms. The molecule has 0 unspecified atom stereocenters. The molecule has 126 valence electrons. The Labute approximate surface area is 137 Å². The van der Waals surface area contributed by atoms with Crippen molar-refractivity contribution >= 4 is 21.6 Å². The zero-order valence-corrected chi connectivity index (χ0v) is 14.4. The second kappa shape index (κ2) is 6.22. The Bertz CT molecular complexity index is 709. The van der Waals surface area contributed by atoms with Crippen LogP contribution < -0.4 is 9.62 Å². The fraction of sp³-hybridized carbons (Fsp3) is 0.562. The van der Waals surface area contributed by atoms with Gasteiger partial charge in [0, 0.05) is 25.2 Å². The van der Waals surface area contributed by atoms with Crippen molar-refractivity contribution in [2.75, 3.05) is 31.6 Å². The number of benzene rings is 1. The third-order valence-corrected chi connectivity index (χ3v) is 6.20. The van der Waals surface area contributed by atoms with Gasteiger partial charge < -0.3 is 9.80 Å². The zero-order chi connectivity index (χ0) is 16.6. The van der Waals surface area contributed by atoms with Gasteiger partial charge in [0.15, 0.2) is 0 Å². The topological polar surface area (TPSA) is 69.7 Å². The van der Waals surface area contributed by atoms with Gasteiger partial charge in [-0.1, -0.05) is 0 Å². The molecule has 1 N–H and O–H groups in total. The molecule has 2 aliphatic heterocycles. The standard InChI is InChI=1S/C16H23N3O3S/c1-12(20)19-10-5-13-11-15(3-4-16(13)19)23(21,22)17-14-6-8-18(2)9-7-14/h3-4,11,14,17H,5-10H2,1-2H3. The van der Waals surface area contributed by atoms with E-state index in [2.05, 4.69) is 9.62 Å². The van der Waals surface area contributed by atoms with Crippen LogP contribution in [0, 0.1) is 0 Å². The first-order chi connectivity index (χ1) is 10.9. The molecule has 0 saturated carbocycles. The highest BCUT2D eigenvalue weighted by Crippen LogP contribution is 2.30. The van der Waals surface area contributed by atoms with E-state index in [4.69, 9.17) is 0 Å². The number of anilines is 1. The lowest BCUT2D eigenvalue weighted by Crippen LogP contribution is -2.43. The summed E-state index contributed by atoms with van der Waals surface area (Å²) >= 11 is 0. The number of carbonyl (C=O) groups is 1. The van der Waals surface area contributed by atoms with E-state index in [1.807, 2.05) is 7.05 Å². The van der Waals surface area contributed by atoms with Gasteiger partial charge in [-0.25, -0.2) is 13.1 Å². The van der Waals surface area contributed by atoms with Crippen molar-refractivity contribution in [2.45, 2.75) is 37.1 Å². The molecule has 1 saturated heterocycles. The number of nitrogens with zero attached hydrogens (tertiary/aromatic N) is 2. The van der Waals surface area contributed by atoms with Crippen LogP contribution in [-0.2, 0) is 21.2 Å². The summed E-state index contributed by atoms with van der Waals surface area (Å²) in [5.41, 5.74) is 1.75. The Kier molecular flexibility index (Phi) is 4.44. The highest BCUT2D eigenvalue weighted by Gasteiger charge is 2.27. The summed E-state index contributed by atoms with van der Waals surface area (Å²) in [6.07, 6.45) is 2.37. The Hall–Kier alpha value is -1.44. The van der Waals surface area contributed by atoms with Crippen LogP contribution in [0.3, 0.4) is 0 Å². The summed E-state index contributed by atoms with van der Waals surface area (Å²) in [7, 11) is -1.46. The van der Waals surface area contributed by atoms with Gasteiger partial charge in [-0.3, -0.25) is 4.79 Å². The Morgan fingerprint density at radius 2 is 1.91 bits per heavy atom. The zero-order valence-electron chi connectivity index (χ0n) is 13.6. The molecule has 0 radical (unpaired) electrons. The van der Waals surface area contributed by atoms with Crippen LogP contribution in [0.4, 0.5) is 5.69 Å². The summed E-state index contributed by atoms with van der Waals surface area (Å²) in [5, 5.41) is 0. The summed E-state index contributed by atoms with van der Waals surface area (Å²) in [5.74, 6) is -0.0104. The van der Waals surface area contributed by atoms with E-state index in [0.717, 1.165) is 37.2 Å². The highest BCUT2D eigenvalue weighted by atomic mass is 32.2. The number of amides is 1. The van der Waals surface area contributed by atoms with Gasteiger partial charge in [0.05, 0.1) is 4.90 Å². The van der Waals surface area contributed by atoms with Crippen molar-refractivity contribution in [3.05, 3.63) is 23.8 Å². The average molecular weight is 337 g/mol. The Balaban J connectivity index is 1.77. The third kappa shape index (κ3) is 3.41. The highest BCUT2D eigenvalue weighted by molar-refractivity contribution is 7.89. The smallest absolute Gasteiger partial charge is 0.240 e. The monoisotopic (exact) mass is 337 g/mol. The molecular weight excluding hydrogens is 314 g/mol. The van der Waals surface area contributed by atoms with E-state index in [1.165, 1.54) is 6.92 Å². The minimum atomic E-state index is -3.51. The third-order valence-electron chi connectivity index (χ3n) is 4.68. The lowest BCUT2D eigenvalue weighted by molar-refractivity contribution is -0.116. The van der Waals surface area contributed by atoms with Gasteiger partial charge >= 0.3 is 0 Å². The van der Waals surface area contributed by atoms with Crippen LogP contribution in [-0.4, -0.2) is 51.9 Å². The van der Waals surface area contributed by atoms with Gasteiger partial charge in [0.25, 0.3) is 0 Å². The minimum absolute atomic E-state index is 0.00169. The fourth-order valence-electron chi connectivity index (χ4n) is 3.29. The number of rotatable bonds is 3. The molecular formula is C16H23N3O3S. The van der Waals surface area contributed by atoms with Crippen molar-refractivity contribution in [3.8, 4) is 0 Å². The largest absolute Gasteiger partial charge is 0.312 e. The molecule has 0 spiro atoms. The Morgan fingerprint density at radius 3 is 2.57 bits per heavy atom. The normalized spacial score (nSPS) is 19.8. The van der Waals surface area contributed by atoms with Crippen LogP contribution in [0.1, 0.15) is 25.3 Å². The van der Waals surface area contributed by atoms with Crippen LogP contribution in [0.15, 0.2) is 23.1 Å². The molecule has 1 fully saturated rings. The summed E-state index contributed by atoms with van der Waals surface area (Å²) in [6, 6.07) is 5.04. The first kappa shape index (κ1) is 16.4. The molecule has 3 rings (SSSR count). The molecule has 0 atom stereocenters. The average Bonchev–Trinajstić information content (AvgIpc) is 2.92. The second-order valence-electron chi connectivity index (χ2n) is 6.41. The molecule has 1 aromatic rings. The molecule has 23 heavy (non-hydrogen) atoms. The molecule has 6 nitrogen and oxygen atoms in total. The maximum atomic E-state index is 12.6. The molecule has 1 aromatic carbocycles. The lowest BCUT2D eigenvalue weighted by atomic mass is 10.1. The number of hydrogen-bond acceptors (Lipinski definition) is 4. The quantitative estimate of drug-likeness (QED) is 0.892. The molecule has 0 aromatic heterocycles. The maximum absolute atomic E-state index is 12.6. The number of likely N-dealkylation sites (tertiary alicyclic amines) is 1. The summed E-state index contributed by atoms with van der Waals surface area (Å²) in [6.45, 7) is 3.97. The SMILES string of the molecule is CC(=O)N1CCc2cc(S(=O)(=O)NC3CCN(C)CC3)ccc21. The summed E-state index contributed by atoms with van der Waals surface area (Å²) in [4.78, 5) is 15.8. The minimum Gasteiger partial charge on any atom is -0.312 e. The van der Waals surface area contributed by atoms with E-state index < -0.39 is 10.0 Å².